The molecule has 1 aromatic carbocycles. The van der Waals surface area contributed by atoms with Crippen LogP contribution < -0.4 is 11.1 Å². The number of hydrogen-bond donors (Lipinski definition) is 3. The summed E-state index contributed by atoms with van der Waals surface area (Å²) in [6.07, 6.45) is 8.34. The highest BCUT2D eigenvalue weighted by atomic mass is 15.2. The number of nitrogens with two attached hydrogens (primary N) is 1. The Hall–Kier alpha value is -2.86. The van der Waals surface area contributed by atoms with E-state index in [1.807, 2.05) is 12.1 Å². The van der Waals surface area contributed by atoms with Crippen molar-refractivity contribution in [2.45, 2.75) is 44.7 Å². The van der Waals surface area contributed by atoms with Crippen molar-refractivity contribution in [2.75, 3.05) is 5.73 Å². The monoisotopic (exact) mass is 359 g/mol. The predicted molar refractivity (Wildman–Crippen MR) is 108 cm³/mol. The molecule has 6 heteroatoms. The van der Waals surface area contributed by atoms with Crippen molar-refractivity contribution in [1.29, 1.82) is 0 Å². The summed E-state index contributed by atoms with van der Waals surface area (Å²) in [6.45, 7) is 0.813. The van der Waals surface area contributed by atoms with Crippen LogP contribution in [0, 0.1) is 6.07 Å². The topological polar surface area (TPSA) is 84.5 Å². The summed E-state index contributed by atoms with van der Waals surface area (Å²) in [7, 11) is 0. The fourth-order valence-electron chi connectivity index (χ4n) is 4.16. The lowest BCUT2D eigenvalue weighted by molar-refractivity contribution is 0.370. The Bertz CT molecular complexity index is 1090. The molecule has 4 aromatic rings. The molecule has 137 valence electrons. The van der Waals surface area contributed by atoms with Crippen molar-refractivity contribution >= 4 is 27.8 Å². The highest BCUT2D eigenvalue weighted by Gasteiger charge is 2.16. The molecule has 0 atom stereocenters. The van der Waals surface area contributed by atoms with Crippen molar-refractivity contribution in [3.05, 3.63) is 48.3 Å². The summed E-state index contributed by atoms with van der Waals surface area (Å²) in [5.74, 6) is 0.518. The van der Waals surface area contributed by atoms with Crippen LogP contribution in [-0.2, 0) is 6.54 Å². The molecule has 0 saturated heterocycles. The average Bonchev–Trinajstić information content (AvgIpc) is 3.27. The molecule has 5 rings (SSSR count). The van der Waals surface area contributed by atoms with E-state index in [9.17, 15) is 0 Å². The molecule has 27 heavy (non-hydrogen) atoms. The molecule has 0 amide bonds. The smallest absolute Gasteiger partial charge is 0.153 e. The Labute approximate surface area is 157 Å². The largest absolute Gasteiger partial charge is 0.382 e. The molecule has 1 aliphatic rings. The van der Waals surface area contributed by atoms with Gasteiger partial charge >= 0.3 is 0 Å². The lowest BCUT2D eigenvalue weighted by Gasteiger charge is -2.23. The van der Waals surface area contributed by atoms with Gasteiger partial charge in [0.2, 0.25) is 0 Å². The second kappa shape index (κ2) is 6.70. The van der Waals surface area contributed by atoms with Gasteiger partial charge in [-0.3, -0.25) is 9.67 Å². The van der Waals surface area contributed by atoms with E-state index >= 15 is 0 Å². The Kier molecular flexibility index (Phi) is 4.05. The van der Waals surface area contributed by atoms with Gasteiger partial charge in [-0.1, -0.05) is 19.3 Å². The Morgan fingerprint density at radius 3 is 3.00 bits per heavy atom. The number of fused-ring (bicyclic) bond motifs is 2. The third-order valence-electron chi connectivity index (χ3n) is 5.57. The molecule has 0 bridgehead atoms. The Morgan fingerprint density at radius 2 is 2.11 bits per heavy atom. The molecular formula is C21H23N6. The average molecular weight is 359 g/mol. The van der Waals surface area contributed by atoms with Crippen molar-refractivity contribution in [3.63, 3.8) is 0 Å². The first kappa shape index (κ1) is 16.3. The maximum absolute atomic E-state index is 6.02. The van der Waals surface area contributed by atoms with E-state index in [1.165, 1.54) is 37.8 Å². The molecule has 6 nitrogen and oxygen atoms in total. The lowest BCUT2D eigenvalue weighted by Crippen LogP contribution is -2.31. The molecule has 1 saturated carbocycles. The van der Waals surface area contributed by atoms with Crippen LogP contribution in [0.4, 0.5) is 5.82 Å². The van der Waals surface area contributed by atoms with Crippen molar-refractivity contribution in [2.24, 2.45) is 0 Å². The van der Waals surface area contributed by atoms with Gasteiger partial charge in [-0.15, -0.1) is 0 Å². The number of H-pyrrole nitrogens is 1. The fraction of sp³-hybridized carbons (Fsp3) is 0.333. The molecule has 0 unspecified atom stereocenters. The van der Waals surface area contributed by atoms with Gasteiger partial charge in [-0.25, -0.2) is 4.98 Å². The van der Waals surface area contributed by atoms with Gasteiger partial charge in [0.15, 0.2) is 5.82 Å². The summed E-state index contributed by atoms with van der Waals surface area (Å²) in [4.78, 5) is 4.61. The SMILES string of the molecule is Nc1n[nH]c2ccc(-n3c(CNC4CCCCC4)cc4[c]ccnc43)cc12. The quantitative estimate of drug-likeness (QED) is 0.519. The van der Waals surface area contributed by atoms with Crippen LogP contribution in [0.5, 0.6) is 0 Å². The summed E-state index contributed by atoms with van der Waals surface area (Å²) >= 11 is 0. The molecule has 0 aliphatic heterocycles. The van der Waals surface area contributed by atoms with Crippen molar-refractivity contribution in [1.82, 2.24) is 25.1 Å². The third-order valence-corrected chi connectivity index (χ3v) is 5.57. The standard InChI is InChI=1S/C21H23N6/c22-20-18-12-16(8-9-19(18)25-26-20)27-17(11-14-5-4-10-23-21(14)27)13-24-15-6-2-1-3-7-15/h4,8-12,15,24H,1-3,6-7,13H2,(H3,22,25,26). The van der Waals surface area contributed by atoms with Crippen LogP contribution in [0.2, 0.25) is 0 Å². The molecular weight excluding hydrogens is 336 g/mol. The minimum absolute atomic E-state index is 0.518. The number of aromatic amines is 1. The summed E-state index contributed by atoms with van der Waals surface area (Å²) in [6, 6.07) is 14.1. The minimum Gasteiger partial charge on any atom is -0.382 e. The van der Waals surface area contributed by atoms with Crippen LogP contribution in [0.3, 0.4) is 0 Å². The summed E-state index contributed by atoms with van der Waals surface area (Å²) in [5.41, 5.74) is 10.1. The number of nitrogens with zero attached hydrogens (tertiary/aromatic N) is 3. The minimum atomic E-state index is 0.518. The second-order valence-corrected chi connectivity index (χ2v) is 7.35. The van der Waals surface area contributed by atoms with E-state index in [1.54, 1.807) is 6.20 Å². The molecule has 1 fully saturated rings. The first-order valence-electron chi connectivity index (χ1n) is 9.64. The van der Waals surface area contributed by atoms with E-state index in [2.05, 4.69) is 49.3 Å². The van der Waals surface area contributed by atoms with Crippen molar-refractivity contribution in [3.8, 4) is 5.69 Å². The maximum atomic E-state index is 6.02. The number of nitrogens with one attached hydrogen (secondary N) is 2. The van der Waals surface area contributed by atoms with E-state index < -0.39 is 0 Å². The lowest BCUT2D eigenvalue weighted by atomic mass is 9.95. The fourth-order valence-corrected chi connectivity index (χ4v) is 4.16. The molecule has 1 aliphatic carbocycles. The molecule has 3 aromatic heterocycles. The normalized spacial score (nSPS) is 15.7. The number of hydrogen-bond acceptors (Lipinski definition) is 4. The number of rotatable bonds is 4. The van der Waals surface area contributed by atoms with Crippen LogP contribution >= 0.6 is 0 Å². The van der Waals surface area contributed by atoms with Crippen LogP contribution in [0.15, 0.2) is 36.5 Å². The zero-order valence-electron chi connectivity index (χ0n) is 15.2. The number of anilines is 1. The van der Waals surface area contributed by atoms with Crippen LogP contribution in [0.1, 0.15) is 37.8 Å². The number of nitrogen functional groups attached to an aromatic ring is 1. The summed E-state index contributed by atoms with van der Waals surface area (Å²) < 4.78 is 2.20. The van der Waals surface area contributed by atoms with Gasteiger partial charge in [0.1, 0.15) is 5.65 Å². The van der Waals surface area contributed by atoms with Crippen LogP contribution in [-0.4, -0.2) is 25.8 Å². The zero-order valence-corrected chi connectivity index (χ0v) is 15.2. The van der Waals surface area contributed by atoms with Gasteiger partial charge in [0, 0.05) is 40.9 Å². The van der Waals surface area contributed by atoms with E-state index in [0.29, 0.717) is 11.9 Å². The van der Waals surface area contributed by atoms with Gasteiger partial charge in [-0.2, -0.15) is 5.10 Å². The Morgan fingerprint density at radius 1 is 1.22 bits per heavy atom. The number of aromatic nitrogens is 4. The molecule has 3 heterocycles. The number of pyridine rings is 1. The first-order chi connectivity index (χ1) is 13.3. The molecule has 0 spiro atoms. The predicted octanol–water partition coefficient (Wildman–Crippen LogP) is 3.71. The van der Waals surface area contributed by atoms with E-state index in [-0.39, 0.29) is 0 Å². The van der Waals surface area contributed by atoms with E-state index in [0.717, 1.165) is 34.2 Å². The summed E-state index contributed by atoms with van der Waals surface area (Å²) in [5, 5.41) is 12.8. The van der Waals surface area contributed by atoms with Crippen molar-refractivity contribution < 1.29 is 0 Å². The maximum Gasteiger partial charge on any atom is 0.153 e. The highest BCUT2D eigenvalue weighted by Crippen LogP contribution is 2.27. The van der Waals surface area contributed by atoms with Gasteiger partial charge in [0.05, 0.1) is 5.52 Å². The molecule has 4 N–H and O–H groups in total. The van der Waals surface area contributed by atoms with Gasteiger partial charge < -0.3 is 11.1 Å². The van der Waals surface area contributed by atoms with Gasteiger partial charge in [0.25, 0.3) is 0 Å². The first-order valence-corrected chi connectivity index (χ1v) is 9.64. The van der Waals surface area contributed by atoms with Gasteiger partial charge in [-0.05, 0) is 49.2 Å². The Balaban J connectivity index is 1.57. The number of benzene rings is 1. The molecule has 1 radical (unpaired) electrons. The highest BCUT2D eigenvalue weighted by molar-refractivity contribution is 5.91. The van der Waals surface area contributed by atoms with Crippen LogP contribution in [0.25, 0.3) is 27.6 Å². The third kappa shape index (κ3) is 2.96. The zero-order chi connectivity index (χ0) is 18.2. The second-order valence-electron chi connectivity index (χ2n) is 7.35. The van der Waals surface area contributed by atoms with E-state index in [4.69, 9.17) is 5.73 Å².